The summed E-state index contributed by atoms with van der Waals surface area (Å²) in [6, 6.07) is 0. The van der Waals surface area contributed by atoms with Crippen molar-refractivity contribution in [2.75, 3.05) is 5.32 Å². The van der Waals surface area contributed by atoms with Gasteiger partial charge in [-0.2, -0.15) is 132 Å². The fourth-order valence-corrected chi connectivity index (χ4v) is 4.71. The summed E-state index contributed by atoms with van der Waals surface area (Å²) < 4.78 is 415. The zero-order chi connectivity index (χ0) is 42.6. The van der Waals surface area contributed by atoms with E-state index >= 15 is 0 Å². The maximum Gasteiger partial charge on any atom is 0.419 e. The number of halogens is 30. The molecule has 0 aliphatic carbocycles. The molecule has 0 aliphatic heterocycles. The molecule has 0 spiro atoms. The average molecular weight is 849 g/mol. The number of hydrogen-bond acceptors (Lipinski definition) is 1. The van der Waals surface area contributed by atoms with Gasteiger partial charge in [0.1, 0.15) is 0 Å². The summed E-state index contributed by atoms with van der Waals surface area (Å²) in [5, 5.41) is -1.00. The van der Waals surface area contributed by atoms with Gasteiger partial charge in [-0.3, -0.25) is 0 Å². The van der Waals surface area contributed by atoms with Crippen LogP contribution in [-0.4, -0.2) is 0 Å². The van der Waals surface area contributed by atoms with Crippen LogP contribution in [0.4, 0.5) is 143 Å². The van der Waals surface area contributed by atoms with Gasteiger partial charge in [-0.1, -0.05) is 0 Å². The van der Waals surface area contributed by atoms with E-state index in [0.29, 0.717) is 0 Å². The number of alkyl halides is 30. The molecule has 0 heterocycles. The zero-order valence-corrected chi connectivity index (χ0v) is 22.8. The van der Waals surface area contributed by atoms with Crippen LogP contribution in [0.25, 0.3) is 0 Å². The number of rotatable bonds is 2. The van der Waals surface area contributed by atoms with Crippen LogP contribution >= 0.6 is 0 Å². The first-order chi connectivity index (χ1) is 22.7. The summed E-state index contributed by atoms with van der Waals surface area (Å²) in [5.41, 5.74) is -60.9. The van der Waals surface area contributed by atoms with Crippen molar-refractivity contribution in [2.24, 2.45) is 0 Å². The van der Waals surface area contributed by atoms with Gasteiger partial charge >= 0.3 is 61.8 Å². The Morgan fingerprint density at radius 2 is 0.264 bits per heavy atom. The lowest BCUT2D eigenvalue weighted by Gasteiger charge is -2.33. The quantitative estimate of drug-likeness (QED) is 0.297. The molecule has 1 nitrogen and oxygen atoms in total. The minimum absolute atomic E-state index is 1.00. The summed E-state index contributed by atoms with van der Waals surface area (Å²) in [4.78, 5) is 0. The van der Waals surface area contributed by atoms with E-state index in [2.05, 4.69) is 0 Å². The molecule has 0 bridgehead atoms. The van der Waals surface area contributed by atoms with Gasteiger partial charge in [0.2, 0.25) is 0 Å². The van der Waals surface area contributed by atoms with Crippen LogP contribution in [0.3, 0.4) is 0 Å². The first kappa shape index (κ1) is 45.3. The Kier molecular flexibility index (Phi) is 10.5. The number of anilines is 2. The summed E-state index contributed by atoms with van der Waals surface area (Å²) in [6.45, 7) is 0. The predicted octanol–water partition coefficient (Wildman–Crippen LogP) is 13.6. The van der Waals surface area contributed by atoms with Crippen LogP contribution in [0.15, 0.2) is 0 Å². The van der Waals surface area contributed by atoms with Crippen LogP contribution in [0.2, 0.25) is 0 Å². The van der Waals surface area contributed by atoms with Crippen molar-refractivity contribution >= 4 is 11.4 Å². The second-order valence-corrected chi connectivity index (χ2v) is 9.60. The molecule has 1 N–H and O–H groups in total. The standard InChI is InChI=1S/C22HF30N/c23-13(24,25)1-3(15(29,30)31)7(19(41,42)43)11(8(20(44,45)46)4(1)16(32,33)34)53-12-9(21(47,48)49)5(17(35,36)37)2(14(26,27)28)6(18(38,39)40)10(12)22(50,51)52/h53H. The molecule has 0 saturated carbocycles. The van der Waals surface area contributed by atoms with E-state index in [4.69, 9.17) is 0 Å². The molecule has 0 radical (unpaired) electrons. The third-order valence-electron chi connectivity index (χ3n) is 6.08. The lowest BCUT2D eigenvalue weighted by molar-refractivity contribution is -0.188. The smallest absolute Gasteiger partial charge is 0.353 e. The molecule has 0 saturated heterocycles. The summed E-state index contributed by atoms with van der Waals surface area (Å²) in [6.07, 6.45) is -78.5. The van der Waals surface area contributed by atoms with Gasteiger partial charge in [0.25, 0.3) is 0 Å². The van der Waals surface area contributed by atoms with Crippen LogP contribution in [0, 0.1) is 0 Å². The molecule has 31 heteroatoms. The van der Waals surface area contributed by atoms with Gasteiger partial charge < -0.3 is 5.32 Å². The fourth-order valence-electron chi connectivity index (χ4n) is 4.71. The molecular formula is C22HF30N. The van der Waals surface area contributed by atoms with Crippen molar-refractivity contribution in [1.29, 1.82) is 0 Å². The third kappa shape index (κ3) is 8.76. The van der Waals surface area contributed by atoms with Gasteiger partial charge in [-0.25, -0.2) is 0 Å². The minimum atomic E-state index is -7.90. The van der Waals surface area contributed by atoms with Crippen molar-refractivity contribution in [3.63, 3.8) is 0 Å². The van der Waals surface area contributed by atoms with Crippen LogP contribution in [0.5, 0.6) is 0 Å². The lowest BCUT2D eigenvalue weighted by atomic mass is 9.85. The monoisotopic (exact) mass is 849 g/mol. The van der Waals surface area contributed by atoms with Crippen molar-refractivity contribution in [3.8, 4) is 0 Å². The van der Waals surface area contributed by atoms with E-state index in [-0.39, 0.29) is 0 Å². The molecule has 0 atom stereocenters. The molecule has 0 aliphatic rings. The number of nitrogens with one attached hydrogen (secondary N) is 1. The summed E-state index contributed by atoms with van der Waals surface area (Å²) >= 11 is 0. The Morgan fingerprint density at radius 3 is 0.358 bits per heavy atom. The van der Waals surface area contributed by atoms with Gasteiger partial charge in [0.05, 0.1) is 67.0 Å². The summed E-state index contributed by atoms with van der Waals surface area (Å²) in [5.74, 6) is 0. The Morgan fingerprint density at radius 1 is 0.170 bits per heavy atom. The van der Waals surface area contributed by atoms with E-state index in [1.807, 2.05) is 0 Å². The number of benzene rings is 2. The van der Waals surface area contributed by atoms with Gasteiger partial charge in [-0.05, 0) is 0 Å². The zero-order valence-electron chi connectivity index (χ0n) is 22.8. The van der Waals surface area contributed by atoms with Gasteiger partial charge in [-0.15, -0.1) is 0 Å². The lowest BCUT2D eigenvalue weighted by Crippen LogP contribution is -2.34. The molecule has 2 aromatic carbocycles. The predicted molar refractivity (Wildman–Crippen MR) is 106 cm³/mol. The minimum Gasteiger partial charge on any atom is -0.353 e. The molecule has 2 aromatic rings. The highest BCUT2D eigenvalue weighted by molar-refractivity contribution is 5.81. The van der Waals surface area contributed by atoms with Gasteiger partial charge in [0, 0.05) is 0 Å². The maximum absolute atomic E-state index is 14.0. The third-order valence-corrected chi connectivity index (χ3v) is 6.08. The fraction of sp³-hybridized carbons (Fsp3) is 0.455. The summed E-state index contributed by atoms with van der Waals surface area (Å²) in [7, 11) is 0. The SMILES string of the molecule is FC(F)(F)c1c(Nc2c(C(F)(F)F)c(C(F)(F)F)c(C(F)(F)F)c(C(F)(F)F)c2C(F)(F)F)c(C(F)(F)F)c(C(F)(F)F)c(C(F)(F)F)c1C(F)(F)F. The van der Waals surface area contributed by atoms with E-state index < -0.39 is 134 Å². The van der Waals surface area contributed by atoms with Crippen LogP contribution in [-0.2, 0) is 61.8 Å². The Labute approximate surface area is 267 Å². The molecule has 2 rings (SSSR count). The second-order valence-electron chi connectivity index (χ2n) is 9.60. The van der Waals surface area contributed by atoms with Crippen LogP contribution < -0.4 is 5.32 Å². The Balaban J connectivity index is 3.96. The molecule has 53 heavy (non-hydrogen) atoms. The highest BCUT2D eigenvalue weighted by Crippen LogP contribution is 2.62. The van der Waals surface area contributed by atoms with E-state index in [0.717, 1.165) is 0 Å². The van der Waals surface area contributed by atoms with Gasteiger partial charge in [0.15, 0.2) is 0 Å². The van der Waals surface area contributed by atoms with E-state index in [9.17, 15) is 132 Å². The largest absolute Gasteiger partial charge is 0.419 e. The first-order valence-electron chi connectivity index (χ1n) is 11.7. The molecular weight excluding hydrogens is 848 g/mol. The van der Waals surface area contributed by atoms with Crippen molar-refractivity contribution in [1.82, 2.24) is 0 Å². The maximum atomic E-state index is 14.0. The van der Waals surface area contributed by atoms with Crippen molar-refractivity contribution in [2.45, 2.75) is 61.8 Å². The molecule has 304 valence electrons. The van der Waals surface area contributed by atoms with Crippen LogP contribution in [0.1, 0.15) is 55.6 Å². The van der Waals surface area contributed by atoms with Crippen molar-refractivity contribution in [3.05, 3.63) is 55.6 Å². The average Bonchev–Trinajstić information content (AvgIpc) is 2.80. The highest BCUT2D eigenvalue weighted by atomic mass is 19.4. The normalized spacial score (nSPS) is 15.0. The Hall–Kier alpha value is -3.86. The highest BCUT2D eigenvalue weighted by Gasteiger charge is 2.64. The molecule has 0 unspecified atom stereocenters. The second kappa shape index (κ2) is 12.3. The first-order valence-corrected chi connectivity index (χ1v) is 11.7. The molecule has 0 aromatic heterocycles. The number of hydrogen-bond donors (Lipinski definition) is 1. The van der Waals surface area contributed by atoms with E-state index in [1.165, 1.54) is 0 Å². The molecule has 0 amide bonds. The van der Waals surface area contributed by atoms with Crippen molar-refractivity contribution < 1.29 is 132 Å². The van der Waals surface area contributed by atoms with E-state index in [1.54, 1.807) is 0 Å². The molecule has 0 fully saturated rings. The Bertz CT molecular complexity index is 1480. The topological polar surface area (TPSA) is 12.0 Å².